The van der Waals surface area contributed by atoms with E-state index in [1.54, 1.807) is 30.3 Å². The van der Waals surface area contributed by atoms with Gasteiger partial charge in [0.25, 0.3) is 11.5 Å². The standard InChI is InChI=1S/C19H16FN3O3/c1-21-19(26)13-10-18(25)23(16-9-5-2-6-12(13)16)11-17(24)22-15-8-4-3-7-14(15)20/h2-10H,11H2,1H3,(H,21,26)(H,22,24). The lowest BCUT2D eigenvalue weighted by atomic mass is 10.1. The second kappa shape index (κ2) is 7.18. The molecule has 0 fully saturated rings. The average molecular weight is 353 g/mol. The number of benzene rings is 2. The minimum atomic E-state index is -0.562. The summed E-state index contributed by atoms with van der Waals surface area (Å²) in [6.45, 7) is -0.304. The molecule has 0 aliphatic carbocycles. The number of hydrogen-bond donors (Lipinski definition) is 2. The number of pyridine rings is 1. The van der Waals surface area contributed by atoms with Crippen LogP contribution in [0.3, 0.4) is 0 Å². The summed E-state index contributed by atoms with van der Waals surface area (Å²) < 4.78 is 14.9. The van der Waals surface area contributed by atoms with Gasteiger partial charge in [0.1, 0.15) is 12.4 Å². The molecule has 2 amide bonds. The number of carbonyl (C=O) groups is 2. The molecule has 0 atom stereocenters. The number of anilines is 1. The van der Waals surface area contributed by atoms with E-state index in [1.165, 1.54) is 35.9 Å². The number of hydrogen-bond acceptors (Lipinski definition) is 3. The molecule has 3 aromatic rings. The molecule has 2 N–H and O–H groups in total. The molecule has 0 bridgehead atoms. The summed E-state index contributed by atoms with van der Waals surface area (Å²) in [6, 6.07) is 13.8. The smallest absolute Gasteiger partial charge is 0.252 e. The fourth-order valence-electron chi connectivity index (χ4n) is 2.72. The van der Waals surface area contributed by atoms with Gasteiger partial charge in [-0.25, -0.2) is 4.39 Å². The highest BCUT2D eigenvalue weighted by molar-refractivity contribution is 6.06. The molecular weight excluding hydrogens is 337 g/mol. The molecule has 0 saturated carbocycles. The molecule has 132 valence electrons. The van der Waals surface area contributed by atoms with Gasteiger partial charge in [-0.1, -0.05) is 30.3 Å². The van der Waals surface area contributed by atoms with E-state index < -0.39 is 17.3 Å². The molecular formula is C19H16FN3O3. The first-order valence-corrected chi connectivity index (χ1v) is 7.90. The zero-order valence-corrected chi connectivity index (χ0v) is 14.0. The Labute approximate surface area is 148 Å². The number of halogens is 1. The van der Waals surface area contributed by atoms with E-state index in [-0.39, 0.29) is 23.7 Å². The summed E-state index contributed by atoms with van der Waals surface area (Å²) in [4.78, 5) is 36.8. The van der Waals surface area contributed by atoms with Crippen LogP contribution >= 0.6 is 0 Å². The third kappa shape index (κ3) is 3.32. The summed E-state index contributed by atoms with van der Waals surface area (Å²) in [5.41, 5.74) is 0.226. The van der Waals surface area contributed by atoms with Crippen molar-refractivity contribution in [1.29, 1.82) is 0 Å². The van der Waals surface area contributed by atoms with Crippen LogP contribution in [0, 0.1) is 5.82 Å². The lowest BCUT2D eigenvalue weighted by Gasteiger charge is -2.13. The topological polar surface area (TPSA) is 80.2 Å². The first-order valence-electron chi connectivity index (χ1n) is 7.90. The highest BCUT2D eigenvalue weighted by Crippen LogP contribution is 2.17. The molecule has 0 unspecified atom stereocenters. The van der Waals surface area contributed by atoms with Crippen LogP contribution in [0.5, 0.6) is 0 Å². The molecule has 3 rings (SSSR count). The average Bonchev–Trinajstić information content (AvgIpc) is 2.65. The predicted octanol–water partition coefficient (Wildman–Crippen LogP) is 2.14. The van der Waals surface area contributed by atoms with Crippen molar-refractivity contribution in [1.82, 2.24) is 9.88 Å². The fourth-order valence-corrected chi connectivity index (χ4v) is 2.72. The molecule has 0 aliphatic heterocycles. The molecule has 1 aromatic heterocycles. The van der Waals surface area contributed by atoms with E-state index in [2.05, 4.69) is 10.6 Å². The molecule has 0 saturated heterocycles. The molecule has 0 radical (unpaired) electrons. The van der Waals surface area contributed by atoms with E-state index >= 15 is 0 Å². The summed E-state index contributed by atoms with van der Waals surface area (Å²) in [6.07, 6.45) is 0. The summed E-state index contributed by atoms with van der Waals surface area (Å²) >= 11 is 0. The monoisotopic (exact) mass is 353 g/mol. The van der Waals surface area contributed by atoms with Gasteiger partial charge >= 0.3 is 0 Å². The molecule has 26 heavy (non-hydrogen) atoms. The van der Waals surface area contributed by atoms with E-state index in [4.69, 9.17) is 0 Å². The van der Waals surface area contributed by atoms with Crippen LogP contribution in [0.25, 0.3) is 10.9 Å². The summed E-state index contributed by atoms with van der Waals surface area (Å²) in [5.74, 6) is -1.50. The highest BCUT2D eigenvalue weighted by atomic mass is 19.1. The summed E-state index contributed by atoms with van der Waals surface area (Å²) in [7, 11) is 1.48. The Balaban J connectivity index is 1.99. The van der Waals surface area contributed by atoms with Crippen molar-refractivity contribution in [2.75, 3.05) is 12.4 Å². The number of nitrogens with one attached hydrogen (secondary N) is 2. The zero-order chi connectivity index (χ0) is 18.7. The number of rotatable bonds is 4. The van der Waals surface area contributed by atoms with E-state index in [0.29, 0.717) is 10.9 Å². The SMILES string of the molecule is CNC(=O)c1cc(=O)n(CC(=O)Nc2ccccc2F)c2ccccc12. The van der Waals surface area contributed by atoms with Crippen molar-refractivity contribution in [3.8, 4) is 0 Å². The third-order valence-electron chi connectivity index (χ3n) is 3.94. The van der Waals surface area contributed by atoms with E-state index in [1.807, 2.05) is 0 Å². The van der Waals surface area contributed by atoms with Gasteiger partial charge in [0.2, 0.25) is 5.91 Å². The van der Waals surface area contributed by atoms with Gasteiger partial charge < -0.3 is 10.6 Å². The number of para-hydroxylation sites is 2. The maximum absolute atomic E-state index is 13.7. The van der Waals surface area contributed by atoms with Crippen LogP contribution in [0.15, 0.2) is 59.4 Å². The fraction of sp³-hybridized carbons (Fsp3) is 0.105. The molecule has 0 spiro atoms. The van der Waals surface area contributed by atoms with Gasteiger partial charge in [-0.3, -0.25) is 19.0 Å². The largest absolute Gasteiger partial charge is 0.355 e. The number of fused-ring (bicyclic) bond motifs is 1. The Kier molecular flexibility index (Phi) is 4.79. The van der Waals surface area contributed by atoms with Crippen molar-refractivity contribution in [3.63, 3.8) is 0 Å². The second-order valence-corrected chi connectivity index (χ2v) is 5.61. The molecule has 2 aromatic carbocycles. The lowest BCUT2D eigenvalue weighted by molar-refractivity contribution is -0.116. The number of carbonyl (C=O) groups excluding carboxylic acids is 2. The van der Waals surface area contributed by atoms with E-state index in [0.717, 1.165) is 0 Å². The summed E-state index contributed by atoms with van der Waals surface area (Å²) in [5, 5.41) is 5.48. The van der Waals surface area contributed by atoms with Gasteiger partial charge in [-0.15, -0.1) is 0 Å². The van der Waals surface area contributed by atoms with Crippen molar-refractivity contribution in [2.24, 2.45) is 0 Å². The Morgan fingerprint density at radius 3 is 2.50 bits per heavy atom. The Morgan fingerprint density at radius 1 is 1.08 bits per heavy atom. The molecule has 6 nitrogen and oxygen atoms in total. The van der Waals surface area contributed by atoms with Gasteiger partial charge in [-0.2, -0.15) is 0 Å². The van der Waals surface area contributed by atoms with Crippen LogP contribution in [0.2, 0.25) is 0 Å². The van der Waals surface area contributed by atoms with Gasteiger partial charge in [0.15, 0.2) is 0 Å². The van der Waals surface area contributed by atoms with Crippen molar-refractivity contribution < 1.29 is 14.0 Å². The van der Waals surface area contributed by atoms with Crippen LogP contribution < -0.4 is 16.2 Å². The normalized spacial score (nSPS) is 10.5. The third-order valence-corrected chi connectivity index (χ3v) is 3.94. The number of nitrogens with zero attached hydrogens (tertiary/aromatic N) is 1. The Bertz CT molecular complexity index is 1060. The zero-order valence-electron chi connectivity index (χ0n) is 14.0. The minimum Gasteiger partial charge on any atom is -0.355 e. The predicted molar refractivity (Wildman–Crippen MR) is 96.6 cm³/mol. The van der Waals surface area contributed by atoms with Gasteiger partial charge in [-0.05, 0) is 18.2 Å². The Hall–Kier alpha value is -3.48. The van der Waals surface area contributed by atoms with Gasteiger partial charge in [0.05, 0.1) is 16.8 Å². The number of aromatic nitrogens is 1. The molecule has 1 heterocycles. The van der Waals surface area contributed by atoms with Gasteiger partial charge in [0, 0.05) is 18.5 Å². The quantitative estimate of drug-likeness (QED) is 0.754. The Morgan fingerprint density at radius 2 is 1.77 bits per heavy atom. The van der Waals surface area contributed by atoms with Crippen molar-refractivity contribution in [2.45, 2.75) is 6.54 Å². The maximum Gasteiger partial charge on any atom is 0.252 e. The lowest BCUT2D eigenvalue weighted by Crippen LogP contribution is -2.30. The molecule has 0 aliphatic rings. The highest BCUT2D eigenvalue weighted by Gasteiger charge is 2.15. The second-order valence-electron chi connectivity index (χ2n) is 5.61. The molecule has 7 heteroatoms. The van der Waals surface area contributed by atoms with Crippen molar-refractivity contribution in [3.05, 3.63) is 76.3 Å². The minimum absolute atomic E-state index is 0.0387. The first kappa shape index (κ1) is 17.3. The first-order chi connectivity index (χ1) is 12.5. The van der Waals surface area contributed by atoms with Crippen LogP contribution in [0.4, 0.5) is 10.1 Å². The number of amides is 2. The van der Waals surface area contributed by atoms with Crippen LogP contribution in [0.1, 0.15) is 10.4 Å². The van der Waals surface area contributed by atoms with Crippen LogP contribution in [-0.4, -0.2) is 23.4 Å². The maximum atomic E-state index is 13.7. The van der Waals surface area contributed by atoms with Crippen LogP contribution in [-0.2, 0) is 11.3 Å². The van der Waals surface area contributed by atoms with Crippen molar-refractivity contribution >= 4 is 28.4 Å². The van der Waals surface area contributed by atoms with E-state index in [9.17, 15) is 18.8 Å².